The monoisotopic (exact) mass is 571 g/mol. The zero-order valence-corrected chi connectivity index (χ0v) is 25.3. The standard InChI is InChI=1S/C29H38BrNO2SSi/c1-27(2,3)34(32)31-29(7,23-15-14-16-24(30)21-23)22-33-35(28(4,5)6,25-17-10-8-11-18-25)26-19-12-9-13-20-26/h8-21,31H,22H2,1-7H3/t29-,34?/m0/s1. The van der Waals surface area contributed by atoms with E-state index in [9.17, 15) is 4.21 Å². The molecular weight excluding hydrogens is 534 g/mol. The van der Waals surface area contributed by atoms with Gasteiger partial charge in [0.2, 0.25) is 0 Å². The molecule has 1 N–H and O–H groups in total. The highest BCUT2D eigenvalue weighted by atomic mass is 79.9. The Morgan fingerprint density at radius 2 is 1.31 bits per heavy atom. The molecule has 3 rings (SSSR count). The van der Waals surface area contributed by atoms with E-state index in [2.05, 4.69) is 121 Å². The number of hydrogen-bond acceptors (Lipinski definition) is 2. The number of hydrogen-bond donors (Lipinski definition) is 1. The SMILES string of the molecule is CC(C)(C)S(=O)N[C@@](C)(CO[Si](c1ccccc1)(c1ccccc1)C(C)(C)C)c1cccc(Br)c1. The van der Waals surface area contributed by atoms with Crippen LogP contribution in [0.5, 0.6) is 0 Å². The van der Waals surface area contributed by atoms with Gasteiger partial charge in [-0.15, -0.1) is 0 Å². The van der Waals surface area contributed by atoms with E-state index in [1.807, 2.05) is 32.9 Å². The second-order valence-electron chi connectivity index (χ2n) is 11.3. The summed E-state index contributed by atoms with van der Waals surface area (Å²) in [4.78, 5) is 0. The summed E-state index contributed by atoms with van der Waals surface area (Å²) in [6.07, 6.45) is 0. The normalized spacial score (nSPS) is 15.4. The first-order chi connectivity index (χ1) is 16.3. The molecule has 0 aromatic heterocycles. The maximum Gasteiger partial charge on any atom is 0.261 e. The van der Waals surface area contributed by atoms with Crippen molar-refractivity contribution in [2.45, 2.75) is 63.8 Å². The Morgan fingerprint density at radius 1 is 0.800 bits per heavy atom. The van der Waals surface area contributed by atoms with Crippen LogP contribution >= 0.6 is 15.9 Å². The third-order valence-electron chi connectivity index (χ3n) is 6.33. The number of halogens is 1. The fourth-order valence-electron chi connectivity index (χ4n) is 4.38. The molecule has 0 spiro atoms. The van der Waals surface area contributed by atoms with Crippen LogP contribution in [-0.4, -0.2) is 23.9 Å². The molecule has 0 fully saturated rings. The molecule has 0 aliphatic rings. The van der Waals surface area contributed by atoms with Crippen molar-refractivity contribution in [3.05, 3.63) is 95.0 Å². The summed E-state index contributed by atoms with van der Waals surface area (Å²) in [5.41, 5.74) is 0.358. The summed E-state index contributed by atoms with van der Waals surface area (Å²) in [6.45, 7) is 15.2. The molecule has 0 amide bonds. The third kappa shape index (κ3) is 6.23. The molecular formula is C29H38BrNO2SSi. The average Bonchev–Trinajstić information content (AvgIpc) is 2.79. The molecule has 0 aliphatic heterocycles. The highest BCUT2D eigenvalue weighted by molar-refractivity contribution is 9.10. The highest BCUT2D eigenvalue weighted by Gasteiger charge is 2.51. The summed E-state index contributed by atoms with van der Waals surface area (Å²) < 4.78 is 24.6. The van der Waals surface area contributed by atoms with Crippen molar-refractivity contribution < 1.29 is 8.63 Å². The molecule has 0 saturated heterocycles. The smallest absolute Gasteiger partial charge is 0.261 e. The van der Waals surface area contributed by atoms with Gasteiger partial charge < -0.3 is 4.43 Å². The van der Waals surface area contributed by atoms with Gasteiger partial charge >= 0.3 is 0 Å². The predicted octanol–water partition coefficient (Wildman–Crippen LogP) is 6.29. The second kappa shape index (κ2) is 10.8. The lowest BCUT2D eigenvalue weighted by atomic mass is 9.94. The van der Waals surface area contributed by atoms with Crippen molar-refractivity contribution in [1.29, 1.82) is 0 Å². The first kappa shape index (κ1) is 28.0. The van der Waals surface area contributed by atoms with Crippen molar-refractivity contribution in [2.24, 2.45) is 0 Å². The summed E-state index contributed by atoms with van der Waals surface area (Å²) in [5.74, 6) is 0. The lowest BCUT2D eigenvalue weighted by molar-refractivity contribution is 0.206. The average molecular weight is 573 g/mol. The number of rotatable bonds is 8. The molecule has 6 heteroatoms. The molecule has 188 valence electrons. The summed E-state index contributed by atoms with van der Waals surface area (Å²) >= 11 is 3.62. The van der Waals surface area contributed by atoms with Crippen molar-refractivity contribution in [2.75, 3.05) is 6.61 Å². The Labute approximate surface area is 223 Å². The van der Waals surface area contributed by atoms with Gasteiger partial charge in [-0.05, 0) is 60.8 Å². The molecule has 3 aromatic carbocycles. The Balaban J connectivity index is 2.16. The third-order valence-corrected chi connectivity index (χ3v) is 13.6. The Kier molecular flexibility index (Phi) is 8.65. The molecule has 0 bridgehead atoms. The van der Waals surface area contributed by atoms with Gasteiger partial charge in [-0.3, -0.25) is 0 Å². The maximum atomic E-state index is 13.3. The Bertz CT molecular complexity index is 1100. The molecule has 0 radical (unpaired) electrons. The van der Waals surface area contributed by atoms with Gasteiger partial charge in [-0.25, -0.2) is 8.93 Å². The first-order valence-corrected chi connectivity index (χ1v) is 15.9. The minimum Gasteiger partial charge on any atom is -0.405 e. The molecule has 3 nitrogen and oxygen atoms in total. The Hall–Kier alpha value is -1.57. The van der Waals surface area contributed by atoms with E-state index < -0.39 is 29.6 Å². The van der Waals surface area contributed by atoms with E-state index >= 15 is 0 Å². The highest BCUT2D eigenvalue weighted by Crippen LogP contribution is 2.38. The van der Waals surface area contributed by atoms with E-state index in [0.29, 0.717) is 6.61 Å². The predicted molar refractivity (Wildman–Crippen MR) is 156 cm³/mol. The van der Waals surface area contributed by atoms with Gasteiger partial charge in [0, 0.05) is 4.47 Å². The fraction of sp³-hybridized carbons (Fsp3) is 0.379. The summed E-state index contributed by atoms with van der Waals surface area (Å²) in [5, 5.41) is 2.32. The zero-order valence-electron chi connectivity index (χ0n) is 21.9. The maximum absolute atomic E-state index is 13.3. The van der Waals surface area contributed by atoms with Crippen molar-refractivity contribution >= 4 is 45.6 Å². The van der Waals surface area contributed by atoms with Gasteiger partial charge in [0.15, 0.2) is 0 Å². The Morgan fingerprint density at radius 3 is 1.74 bits per heavy atom. The minimum absolute atomic E-state index is 0.142. The van der Waals surface area contributed by atoms with Crippen LogP contribution in [-0.2, 0) is 21.0 Å². The van der Waals surface area contributed by atoms with Crippen LogP contribution in [0.1, 0.15) is 54.0 Å². The second-order valence-corrected chi connectivity index (χ2v) is 18.5. The molecule has 0 aliphatic carbocycles. The van der Waals surface area contributed by atoms with Crippen LogP contribution < -0.4 is 15.1 Å². The zero-order chi connectivity index (χ0) is 25.9. The molecule has 3 aromatic rings. The van der Waals surface area contributed by atoms with E-state index in [-0.39, 0.29) is 5.04 Å². The quantitative estimate of drug-likeness (QED) is 0.322. The van der Waals surface area contributed by atoms with Crippen LogP contribution in [0.3, 0.4) is 0 Å². The minimum atomic E-state index is -2.75. The topological polar surface area (TPSA) is 38.3 Å². The van der Waals surface area contributed by atoms with Gasteiger partial charge in [-0.1, -0.05) is 109 Å². The van der Waals surface area contributed by atoms with Crippen LogP contribution in [0, 0.1) is 0 Å². The lowest BCUT2D eigenvalue weighted by Crippen LogP contribution is -2.68. The van der Waals surface area contributed by atoms with Crippen LogP contribution in [0.4, 0.5) is 0 Å². The van der Waals surface area contributed by atoms with Gasteiger partial charge in [0.1, 0.15) is 0 Å². The lowest BCUT2D eigenvalue weighted by Gasteiger charge is -2.45. The van der Waals surface area contributed by atoms with Gasteiger partial charge in [0.05, 0.1) is 27.9 Å². The molecule has 0 saturated carbocycles. The summed E-state index contributed by atoms with van der Waals surface area (Å²) in [6, 6.07) is 29.4. The molecule has 2 atom stereocenters. The molecule has 1 unspecified atom stereocenters. The van der Waals surface area contributed by atoms with Gasteiger partial charge in [0.25, 0.3) is 8.32 Å². The van der Waals surface area contributed by atoms with Crippen LogP contribution in [0.2, 0.25) is 5.04 Å². The number of nitrogens with one attached hydrogen (secondary N) is 1. The molecule has 35 heavy (non-hydrogen) atoms. The van der Waals surface area contributed by atoms with Crippen molar-refractivity contribution in [3.63, 3.8) is 0 Å². The fourth-order valence-corrected chi connectivity index (χ4v) is 10.3. The summed E-state index contributed by atoms with van der Waals surface area (Å²) in [7, 11) is -4.04. The van der Waals surface area contributed by atoms with E-state index in [1.54, 1.807) is 0 Å². The van der Waals surface area contributed by atoms with Crippen molar-refractivity contribution in [3.8, 4) is 0 Å². The number of benzene rings is 3. The first-order valence-electron chi connectivity index (χ1n) is 12.0. The van der Waals surface area contributed by atoms with Crippen LogP contribution in [0.15, 0.2) is 89.4 Å². The van der Waals surface area contributed by atoms with E-state index in [0.717, 1.165) is 10.0 Å². The van der Waals surface area contributed by atoms with Gasteiger partial charge in [-0.2, -0.15) is 0 Å². The largest absolute Gasteiger partial charge is 0.405 e. The van der Waals surface area contributed by atoms with E-state index in [1.165, 1.54) is 10.4 Å². The van der Waals surface area contributed by atoms with Crippen LogP contribution in [0.25, 0.3) is 0 Å². The molecule has 0 heterocycles. The van der Waals surface area contributed by atoms with E-state index in [4.69, 9.17) is 4.43 Å². The van der Waals surface area contributed by atoms with Crippen molar-refractivity contribution in [1.82, 2.24) is 4.72 Å².